The molecule has 1 aliphatic heterocycles. The van der Waals surface area contributed by atoms with Crippen LogP contribution in [0.2, 0.25) is 0 Å². The molecule has 0 amide bonds. The minimum absolute atomic E-state index is 0.0317. The number of carbonyl (C=O) groups is 1. The number of aromatic nitrogens is 1. The van der Waals surface area contributed by atoms with Crippen LogP contribution in [-0.2, 0) is 15.1 Å². The Kier molecular flexibility index (Phi) is 3.90. The zero-order chi connectivity index (χ0) is 13.2. The van der Waals surface area contributed by atoms with Crippen LogP contribution in [0.3, 0.4) is 0 Å². The third-order valence-corrected chi connectivity index (χ3v) is 4.11. The summed E-state index contributed by atoms with van der Waals surface area (Å²) >= 11 is 1.56. The van der Waals surface area contributed by atoms with E-state index >= 15 is 0 Å². The number of nitrogens with one attached hydrogen (secondary N) is 1. The number of thiazole rings is 1. The maximum absolute atomic E-state index is 11.8. The number of anilines is 1. The highest BCUT2D eigenvalue weighted by Crippen LogP contribution is 2.41. The number of hydrogen-bond acceptors (Lipinski definition) is 5. The second kappa shape index (κ2) is 5.26. The maximum atomic E-state index is 11.8. The minimum atomic E-state index is -0.541. The van der Waals surface area contributed by atoms with E-state index in [1.807, 2.05) is 19.2 Å². The number of ether oxygens (including phenoxy) is 1. The van der Waals surface area contributed by atoms with E-state index in [2.05, 4.69) is 17.2 Å². The van der Waals surface area contributed by atoms with Gasteiger partial charge in [-0.15, -0.1) is 11.3 Å². The van der Waals surface area contributed by atoms with Crippen LogP contribution >= 0.6 is 11.3 Å². The van der Waals surface area contributed by atoms with Crippen molar-refractivity contribution in [2.75, 3.05) is 11.9 Å². The fourth-order valence-electron chi connectivity index (χ4n) is 2.37. The Hall–Kier alpha value is -1.10. The van der Waals surface area contributed by atoms with Crippen LogP contribution in [0, 0.1) is 5.92 Å². The Morgan fingerprint density at radius 2 is 2.39 bits per heavy atom. The summed E-state index contributed by atoms with van der Waals surface area (Å²) in [6, 6.07) is 0. The van der Waals surface area contributed by atoms with E-state index in [-0.39, 0.29) is 11.9 Å². The minimum Gasteiger partial charge on any atom is -0.453 e. The Bertz CT molecular complexity index is 432. The molecule has 0 unspecified atom stereocenters. The largest absolute Gasteiger partial charge is 0.453 e. The molecule has 0 saturated carbocycles. The first-order chi connectivity index (χ1) is 8.59. The molecule has 0 aliphatic carbocycles. The van der Waals surface area contributed by atoms with Crippen molar-refractivity contribution in [1.82, 2.24) is 4.98 Å². The molecule has 2 atom stereocenters. The Morgan fingerprint density at radius 3 is 3.06 bits per heavy atom. The summed E-state index contributed by atoms with van der Waals surface area (Å²) in [6.07, 6.45) is 2.66. The van der Waals surface area contributed by atoms with Crippen molar-refractivity contribution in [3.8, 4) is 0 Å². The van der Waals surface area contributed by atoms with Crippen LogP contribution in [0.1, 0.15) is 45.7 Å². The summed E-state index contributed by atoms with van der Waals surface area (Å²) in [5.74, 6) is -0.0402. The van der Waals surface area contributed by atoms with E-state index in [1.165, 1.54) is 0 Å². The summed E-state index contributed by atoms with van der Waals surface area (Å²) in [7, 11) is 0. The van der Waals surface area contributed by atoms with Gasteiger partial charge in [-0.05, 0) is 20.3 Å². The van der Waals surface area contributed by atoms with Crippen LogP contribution in [-0.4, -0.2) is 17.5 Å². The Morgan fingerprint density at radius 1 is 1.61 bits per heavy atom. The van der Waals surface area contributed by atoms with Crippen molar-refractivity contribution < 1.29 is 9.53 Å². The topological polar surface area (TPSA) is 51.2 Å². The molecule has 1 N–H and O–H groups in total. The van der Waals surface area contributed by atoms with Crippen molar-refractivity contribution in [3.05, 3.63) is 11.1 Å². The van der Waals surface area contributed by atoms with Crippen LogP contribution < -0.4 is 5.32 Å². The lowest BCUT2D eigenvalue weighted by Crippen LogP contribution is -2.21. The predicted octanol–water partition coefficient (Wildman–Crippen LogP) is 3.15. The highest BCUT2D eigenvalue weighted by molar-refractivity contribution is 7.13. The van der Waals surface area contributed by atoms with Crippen molar-refractivity contribution in [2.24, 2.45) is 5.92 Å². The molecular weight excluding hydrogens is 248 g/mol. The maximum Gasteiger partial charge on any atom is 0.310 e. The second-order valence-corrected chi connectivity index (χ2v) is 5.77. The zero-order valence-corrected chi connectivity index (χ0v) is 12.0. The summed E-state index contributed by atoms with van der Waals surface area (Å²) in [4.78, 5) is 16.3. The molecule has 100 valence electrons. The van der Waals surface area contributed by atoms with Gasteiger partial charge in [-0.25, -0.2) is 4.98 Å². The van der Waals surface area contributed by atoms with Gasteiger partial charge in [0.15, 0.2) is 10.7 Å². The quantitative estimate of drug-likeness (QED) is 0.833. The molecule has 4 nitrogen and oxygen atoms in total. The van der Waals surface area contributed by atoms with Gasteiger partial charge in [-0.2, -0.15) is 0 Å². The van der Waals surface area contributed by atoms with Gasteiger partial charge in [0.25, 0.3) is 0 Å². The van der Waals surface area contributed by atoms with Gasteiger partial charge in [0.2, 0.25) is 0 Å². The third kappa shape index (κ3) is 2.51. The molecule has 0 spiro atoms. The molecule has 0 aromatic carbocycles. The first kappa shape index (κ1) is 13.3. The molecule has 18 heavy (non-hydrogen) atoms. The highest BCUT2D eigenvalue weighted by Gasteiger charge is 2.45. The van der Waals surface area contributed by atoms with Crippen LogP contribution in [0.25, 0.3) is 0 Å². The monoisotopic (exact) mass is 268 g/mol. The lowest BCUT2D eigenvalue weighted by atomic mass is 9.91. The summed E-state index contributed by atoms with van der Waals surface area (Å²) < 4.78 is 5.57. The summed E-state index contributed by atoms with van der Waals surface area (Å²) in [5.41, 5.74) is 0.330. The van der Waals surface area contributed by atoms with E-state index in [0.717, 1.165) is 36.6 Å². The molecule has 1 aromatic heterocycles. The number of hydrogen-bond donors (Lipinski definition) is 1. The van der Waals surface area contributed by atoms with Crippen molar-refractivity contribution >= 4 is 22.4 Å². The van der Waals surface area contributed by atoms with Gasteiger partial charge in [-0.1, -0.05) is 13.3 Å². The first-order valence-corrected chi connectivity index (χ1v) is 7.39. The fraction of sp³-hybridized carbons (Fsp3) is 0.692. The fourth-order valence-corrected chi connectivity index (χ4v) is 3.28. The molecule has 2 rings (SSSR count). The van der Waals surface area contributed by atoms with Crippen LogP contribution in [0.4, 0.5) is 5.13 Å². The van der Waals surface area contributed by atoms with Gasteiger partial charge < -0.3 is 10.1 Å². The molecule has 2 heterocycles. The molecule has 1 aromatic rings. The Labute approximate surface area is 112 Å². The second-order valence-electron chi connectivity index (χ2n) is 4.91. The van der Waals surface area contributed by atoms with E-state index < -0.39 is 5.60 Å². The average molecular weight is 268 g/mol. The van der Waals surface area contributed by atoms with E-state index in [4.69, 9.17) is 4.74 Å². The molecular formula is C13H20N2O2S. The number of rotatable bonds is 5. The molecule has 1 fully saturated rings. The summed E-state index contributed by atoms with van der Waals surface area (Å²) in [5, 5.41) is 6.06. The van der Waals surface area contributed by atoms with Crippen molar-refractivity contribution in [1.29, 1.82) is 0 Å². The lowest BCUT2D eigenvalue weighted by molar-refractivity contribution is -0.150. The number of nitrogens with zero attached hydrogens (tertiary/aromatic N) is 1. The normalized spacial score (nSPS) is 27.3. The predicted molar refractivity (Wildman–Crippen MR) is 72.7 cm³/mol. The summed E-state index contributed by atoms with van der Waals surface area (Å²) in [6.45, 7) is 6.94. The number of carbonyl (C=O) groups excluding carboxylic acids is 1. The Balaban J connectivity index is 2.13. The van der Waals surface area contributed by atoms with E-state index in [0.29, 0.717) is 0 Å². The van der Waals surface area contributed by atoms with Crippen LogP contribution in [0.5, 0.6) is 0 Å². The standard InChI is InChI=1S/C13H20N2O2S/c1-4-6-9-7-13(3,17-11(9)16)10-8-18-12(15-10)14-5-2/h8-9H,4-7H2,1-3H3,(H,14,15)/t9-,13-/m1/s1. The number of esters is 1. The molecule has 5 heteroatoms. The SMILES string of the molecule is CCC[C@@H]1C[C@](C)(c2csc(NCC)n2)OC1=O. The smallest absolute Gasteiger partial charge is 0.310 e. The molecule has 1 aliphatic rings. The molecule has 1 saturated heterocycles. The van der Waals surface area contributed by atoms with E-state index in [9.17, 15) is 4.79 Å². The molecule has 0 bridgehead atoms. The van der Waals surface area contributed by atoms with Crippen molar-refractivity contribution in [3.63, 3.8) is 0 Å². The lowest BCUT2D eigenvalue weighted by Gasteiger charge is -2.19. The van der Waals surface area contributed by atoms with Crippen LogP contribution in [0.15, 0.2) is 5.38 Å². The van der Waals surface area contributed by atoms with E-state index in [1.54, 1.807) is 11.3 Å². The average Bonchev–Trinajstić information content (AvgIpc) is 2.87. The highest BCUT2D eigenvalue weighted by atomic mass is 32.1. The third-order valence-electron chi connectivity index (χ3n) is 3.31. The van der Waals surface area contributed by atoms with Gasteiger partial charge in [0.1, 0.15) is 0 Å². The zero-order valence-electron chi connectivity index (χ0n) is 11.2. The van der Waals surface area contributed by atoms with Gasteiger partial charge in [0, 0.05) is 18.3 Å². The van der Waals surface area contributed by atoms with Crippen molar-refractivity contribution in [2.45, 2.75) is 45.6 Å². The number of cyclic esters (lactones) is 1. The molecule has 0 radical (unpaired) electrons. The first-order valence-electron chi connectivity index (χ1n) is 6.51. The van der Waals surface area contributed by atoms with Gasteiger partial charge in [0.05, 0.1) is 11.6 Å². The van der Waals surface area contributed by atoms with Gasteiger partial charge in [-0.3, -0.25) is 4.79 Å². The van der Waals surface area contributed by atoms with Gasteiger partial charge >= 0.3 is 5.97 Å².